The predicted octanol–water partition coefficient (Wildman–Crippen LogP) is 6.73. The van der Waals surface area contributed by atoms with Gasteiger partial charge in [0.25, 0.3) is 0 Å². The third kappa shape index (κ3) is 3.24. The van der Waals surface area contributed by atoms with Crippen LogP contribution in [-0.4, -0.2) is 15.0 Å². The lowest BCUT2D eigenvalue weighted by Gasteiger charge is -2.09. The van der Waals surface area contributed by atoms with Crippen LogP contribution in [0, 0.1) is 0 Å². The number of hydrogen-bond donors (Lipinski definition) is 0. The molecule has 3 aromatic carbocycles. The molecule has 0 amide bonds. The first-order chi connectivity index (χ1) is 14.3. The fourth-order valence-electron chi connectivity index (χ4n) is 3.38. The molecule has 0 N–H and O–H groups in total. The molecule has 0 aliphatic carbocycles. The second-order valence-electron chi connectivity index (χ2n) is 6.61. The molecule has 2 heterocycles. The number of fused-ring (bicyclic) bond motifs is 1. The zero-order valence-electron chi connectivity index (χ0n) is 15.6. The van der Waals surface area contributed by atoms with Crippen LogP contribution in [0.4, 0.5) is 0 Å². The smallest absolute Gasteiger partial charge is 0.164 e. The molecular weight excluding hydrogens is 374 g/mol. The van der Waals surface area contributed by atoms with Crippen molar-refractivity contribution in [1.29, 1.82) is 0 Å². The van der Waals surface area contributed by atoms with Crippen LogP contribution in [0.15, 0.2) is 90.8 Å². The zero-order valence-corrected chi connectivity index (χ0v) is 16.4. The monoisotopic (exact) mass is 391 g/mol. The van der Waals surface area contributed by atoms with Gasteiger partial charge < -0.3 is 0 Å². The van der Waals surface area contributed by atoms with E-state index in [-0.39, 0.29) is 0 Å². The third-order valence-corrected chi connectivity index (χ3v) is 5.75. The first-order valence-electron chi connectivity index (χ1n) is 9.33. The normalized spacial score (nSPS) is 10.9. The summed E-state index contributed by atoms with van der Waals surface area (Å²) in [5, 5.41) is 3.26. The molecule has 138 valence electrons. The van der Waals surface area contributed by atoms with Crippen LogP contribution in [0.3, 0.4) is 0 Å². The van der Waals surface area contributed by atoms with Crippen LogP contribution in [0.2, 0.25) is 0 Å². The van der Waals surface area contributed by atoms with E-state index in [1.165, 1.54) is 4.70 Å². The van der Waals surface area contributed by atoms with Crippen LogP contribution in [0.1, 0.15) is 5.56 Å². The maximum absolute atomic E-state index is 4.85. The van der Waals surface area contributed by atoms with Crippen LogP contribution >= 0.6 is 11.3 Å². The Bertz CT molecular complexity index is 1250. The average molecular weight is 391 g/mol. The lowest BCUT2D eigenvalue weighted by molar-refractivity contribution is 1.08. The lowest BCUT2D eigenvalue weighted by Crippen LogP contribution is -2.00. The summed E-state index contributed by atoms with van der Waals surface area (Å²) >= 11 is 1.71. The van der Waals surface area contributed by atoms with Gasteiger partial charge in [-0.25, -0.2) is 15.0 Å². The number of rotatable bonds is 4. The summed E-state index contributed by atoms with van der Waals surface area (Å²) in [4.78, 5) is 14.5. The Hall–Kier alpha value is -3.63. The quantitative estimate of drug-likeness (QED) is 0.341. The van der Waals surface area contributed by atoms with Crippen molar-refractivity contribution in [3.05, 3.63) is 96.4 Å². The van der Waals surface area contributed by atoms with Crippen molar-refractivity contribution in [3.63, 3.8) is 0 Å². The molecule has 0 saturated carbocycles. The molecule has 4 heteroatoms. The van der Waals surface area contributed by atoms with Gasteiger partial charge in [-0.2, -0.15) is 0 Å². The van der Waals surface area contributed by atoms with Crippen molar-refractivity contribution in [2.45, 2.75) is 0 Å². The molecule has 0 fully saturated rings. The Morgan fingerprint density at radius 3 is 1.83 bits per heavy atom. The fraction of sp³-hybridized carbons (Fsp3) is 0. The molecule has 0 atom stereocenters. The minimum atomic E-state index is 0.668. The molecule has 29 heavy (non-hydrogen) atoms. The Balaban J connectivity index is 1.79. The second kappa shape index (κ2) is 7.41. The largest absolute Gasteiger partial charge is 0.208 e. The van der Waals surface area contributed by atoms with Crippen LogP contribution in [-0.2, 0) is 0 Å². The van der Waals surface area contributed by atoms with Gasteiger partial charge in [-0.05, 0) is 17.0 Å². The highest BCUT2D eigenvalue weighted by Crippen LogP contribution is 2.35. The molecule has 0 radical (unpaired) electrons. The summed E-state index contributed by atoms with van der Waals surface area (Å²) in [7, 11) is 0. The van der Waals surface area contributed by atoms with Crippen molar-refractivity contribution in [2.75, 3.05) is 0 Å². The van der Waals surface area contributed by atoms with E-state index < -0.39 is 0 Å². The first-order valence-corrected chi connectivity index (χ1v) is 10.2. The van der Waals surface area contributed by atoms with Gasteiger partial charge in [0.2, 0.25) is 0 Å². The summed E-state index contributed by atoms with van der Waals surface area (Å²) < 4.78 is 1.19. The first kappa shape index (κ1) is 17.5. The number of hydrogen-bond acceptors (Lipinski definition) is 4. The van der Waals surface area contributed by atoms with Gasteiger partial charge in [0.15, 0.2) is 17.5 Å². The Labute approximate surface area is 173 Å². The van der Waals surface area contributed by atoms with E-state index >= 15 is 0 Å². The number of aromatic nitrogens is 3. The average Bonchev–Trinajstić information content (AvgIpc) is 3.23. The minimum Gasteiger partial charge on any atom is -0.208 e. The fourth-order valence-corrected chi connectivity index (χ4v) is 4.35. The molecule has 0 aliphatic heterocycles. The third-order valence-electron chi connectivity index (χ3n) is 4.79. The number of nitrogens with zero attached hydrogens (tertiary/aromatic N) is 3. The lowest BCUT2D eigenvalue weighted by atomic mass is 10.1. The van der Waals surface area contributed by atoms with Crippen LogP contribution in [0.5, 0.6) is 0 Å². The molecule has 5 aromatic rings. The van der Waals surface area contributed by atoms with E-state index in [0.29, 0.717) is 17.5 Å². The second-order valence-corrected chi connectivity index (χ2v) is 7.52. The van der Waals surface area contributed by atoms with E-state index in [1.807, 2.05) is 66.7 Å². The highest BCUT2D eigenvalue weighted by Gasteiger charge is 2.15. The zero-order chi connectivity index (χ0) is 19.6. The van der Waals surface area contributed by atoms with Gasteiger partial charge in [-0.1, -0.05) is 85.5 Å². The van der Waals surface area contributed by atoms with E-state index in [9.17, 15) is 0 Å². The number of thiophene rings is 1. The molecule has 0 bridgehead atoms. The van der Waals surface area contributed by atoms with E-state index in [2.05, 4.69) is 30.2 Å². The van der Waals surface area contributed by atoms with E-state index in [1.54, 1.807) is 11.3 Å². The molecule has 5 rings (SSSR count). The van der Waals surface area contributed by atoms with Crippen LogP contribution < -0.4 is 0 Å². The SMILES string of the molecule is C=Cc1csc2cccc(-c3nc(-c4ccccc4)nc(-c4ccccc4)n3)c12. The Morgan fingerprint density at radius 1 is 0.655 bits per heavy atom. The van der Waals surface area contributed by atoms with E-state index in [4.69, 9.17) is 15.0 Å². The van der Waals surface area contributed by atoms with Gasteiger partial charge in [0.05, 0.1) is 0 Å². The van der Waals surface area contributed by atoms with Crippen molar-refractivity contribution in [1.82, 2.24) is 15.0 Å². The maximum Gasteiger partial charge on any atom is 0.164 e. The van der Waals surface area contributed by atoms with Crippen molar-refractivity contribution in [2.24, 2.45) is 0 Å². The topological polar surface area (TPSA) is 38.7 Å². The molecule has 0 spiro atoms. The summed E-state index contributed by atoms with van der Waals surface area (Å²) in [6, 6.07) is 26.3. The molecular formula is C25H17N3S. The van der Waals surface area contributed by atoms with Crippen molar-refractivity contribution < 1.29 is 0 Å². The molecule has 0 unspecified atom stereocenters. The maximum atomic E-state index is 4.85. The van der Waals surface area contributed by atoms with Gasteiger partial charge in [-0.15, -0.1) is 11.3 Å². The number of benzene rings is 3. The summed E-state index contributed by atoms with van der Waals surface area (Å²) in [6.45, 7) is 3.97. The molecule has 2 aromatic heterocycles. The molecule has 0 aliphatic rings. The summed E-state index contributed by atoms with van der Waals surface area (Å²) in [5.41, 5.74) is 4.03. The van der Waals surface area contributed by atoms with Gasteiger partial charge in [0.1, 0.15) is 0 Å². The highest BCUT2D eigenvalue weighted by molar-refractivity contribution is 7.17. The molecule has 0 saturated heterocycles. The highest BCUT2D eigenvalue weighted by atomic mass is 32.1. The standard InChI is InChI=1S/C25H17N3S/c1-2-17-16-29-21-15-9-14-20(22(17)21)25-27-23(18-10-5-3-6-11-18)26-24(28-25)19-12-7-4-8-13-19/h2-16H,1H2. The molecule has 3 nitrogen and oxygen atoms in total. The van der Waals surface area contributed by atoms with Crippen molar-refractivity contribution in [3.8, 4) is 34.2 Å². The van der Waals surface area contributed by atoms with Crippen molar-refractivity contribution >= 4 is 27.5 Å². The Morgan fingerprint density at radius 2 is 1.24 bits per heavy atom. The van der Waals surface area contributed by atoms with E-state index in [0.717, 1.165) is 27.6 Å². The Kier molecular flexibility index (Phi) is 4.47. The van der Waals surface area contributed by atoms with Crippen LogP contribution in [0.25, 0.3) is 50.3 Å². The minimum absolute atomic E-state index is 0.668. The summed E-state index contributed by atoms with van der Waals surface area (Å²) in [6.07, 6.45) is 1.89. The van der Waals surface area contributed by atoms with Gasteiger partial charge in [0, 0.05) is 26.8 Å². The van der Waals surface area contributed by atoms with Gasteiger partial charge >= 0.3 is 0 Å². The summed E-state index contributed by atoms with van der Waals surface area (Å²) in [5.74, 6) is 2.01. The van der Waals surface area contributed by atoms with Gasteiger partial charge in [-0.3, -0.25) is 0 Å². The predicted molar refractivity (Wildman–Crippen MR) is 122 cm³/mol.